The van der Waals surface area contributed by atoms with E-state index < -0.39 is 5.60 Å². The minimum Gasteiger partial charge on any atom is -0.444 e. The summed E-state index contributed by atoms with van der Waals surface area (Å²) in [5, 5.41) is 0.615. The minimum absolute atomic E-state index is 0.0964. The molecule has 1 amide bonds. The largest absolute Gasteiger partial charge is 0.444 e. The predicted octanol–water partition coefficient (Wildman–Crippen LogP) is 3.02. The molecule has 1 aliphatic carbocycles. The SMILES string of the molecule is CC(C)(C)OC(=O)N1CCN(C2C=C(c3cc4ncccc4c(=O)[nH]3)CC2)CC1. The summed E-state index contributed by atoms with van der Waals surface area (Å²) in [6, 6.07) is 5.86. The summed E-state index contributed by atoms with van der Waals surface area (Å²) in [6.07, 6.45) is 5.67. The molecular weight excluding hydrogens is 368 g/mol. The summed E-state index contributed by atoms with van der Waals surface area (Å²) < 4.78 is 5.48. The molecule has 1 aliphatic heterocycles. The number of pyridine rings is 2. The number of piperazine rings is 1. The zero-order valence-electron chi connectivity index (χ0n) is 17.3. The zero-order valence-corrected chi connectivity index (χ0v) is 17.3. The number of carbonyl (C=O) groups excluding carboxylic acids is 1. The molecular formula is C22H28N4O3. The fraction of sp³-hybridized carbons (Fsp3) is 0.500. The Balaban J connectivity index is 1.42. The van der Waals surface area contributed by atoms with Crippen molar-refractivity contribution in [3.8, 4) is 0 Å². The number of aromatic nitrogens is 2. The average Bonchev–Trinajstić information content (AvgIpc) is 3.17. The summed E-state index contributed by atoms with van der Waals surface area (Å²) in [5.74, 6) is 0. The maximum absolute atomic E-state index is 12.4. The van der Waals surface area contributed by atoms with Crippen LogP contribution in [0.4, 0.5) is 4.79 Å². The minimum atomic E-state index is -0.469. The predicted molar refractivity (Wildman–Crippen MR) is 113 cm³/mol. The third-order valence-electron chi connectivity index (χ3n) is 5.50. The van der Waals surface area contributed by atoms with Gasteiger partial charge >= 0.3 is 6.09 Å². The number of nitrogens with one attached hydrogen (secondary N) is 1. The van der Waals surface area contributed by atoms with Crippen molar-refractivity contribution in [3.63, 3.8) is 0 Å². The van der Waals surface area contributed by atoms with E-state index in [0.717, 1.165) is 42.7 Å². The number of H-pyrrole nitrogens is 1. The molecule has 1 N–H and O–H groups in total. The first kappa shape index (κ1) is 19.6. The van der Waals surface area contributed by atoms with Crippen molar-refractivity contribution >= 4 is 22.6 Å². The van der Waals surface area contributed by atoms with Crippen molar-refractivity contribution in [2.24, 2.45) is 0 Å². The van der Waals surface area contributed by atoms with Crippen LogP contribution in [0.5, 0.6) is 0 Å². The van der Waals surface area contributed by atoms with Gasteiger partial charge in [-0.15, -0.1) is 0 Å². The van der Waals surface area contributed by atoms with Crippen molar-refractivity contribution in [1.82, 2.24) is 19.8 Å². The summed E-state index contributed by atoms with van der Waals surface area (Å²) in [7, 11) is 0. The molecule has 1 unspecified atom stereocenters. The Bertz CT molecular complexity index is 997. The molecule has 29 heavy (non-hydrogen) atoms. The van der Waals surface area contributed by atoms with E-state index in [1.54, 1.807) is 23.2 Å². The maximum Gasteiger partial charge on any atom is 0.410 e. The molecule has 0 radical (unpaired) electrons. The molecule has 0 bridgehead atoms. The van der Waals surface area contributed by atoms with E-state index in [4.69, 9.17) is 4.74 Å². The molecule has 2 aliphatic rings. The van der Waals surface area contributed by atoms with Crippen LogP contribution in [-0.4, -0.2) is 63.7 Å². The highest BCUT2D eigenvalue weighted by atomic mass is 16.6. The van der Waals surface area contributed by atoms with Gasteiger partial charge in [-0.2, -0.15) is 0 Å². The van der Waals surface area contributed by atoms with E-state index in [1.807, 2.05) is 26.8 Å². The van der Waals surface area contributed by atoms with Gasteiger partial charge in [-0.1, -0.05) is 6.08 Å². The molecule has 3 heterocycles. The first-order valence-electron chi connectivity index (χ1n) is 10.2. The Kier molecular flexibility index (Phi) is 5.17. The van der Waals surface area contributed by atoms with Crippen molar-refractivity contribution in [1.29, 1.82) is 0 Å². The number of amides is 1. The number of carbonyl (C=O) groups is 1. The highest BCUT2D eigenvalue weighted by Crippen LogP contribution is 2.30. The Morgan fingerprint density at radius 3 is 2.72 bits per heavy atom. The van der Waals surface area contributed by atoms with E-state index in [-0.39, 0.29) is 11.7 Å². The lowest BCUT2D eigenvalue weighted by molar-refractivity contribution is 0.0123. The fourth-order valence-corrected chi connectivity index (χ4v) is 4.04. The topological polar surface area (TPSA) is 78.5 Å². The molecule has 7 heteroatoms. The number of allylic oxidation sites excluding steroid dienone is 1. The van der Waals surface area contributed by atoms with Gasteiger partial charge in [-0.25, -0.2) is 4.79 Å². The summed E-state index contributed by atoms with van der Waals surface area (Å²) >= 11 is 0. The number of rotatable bonds is 2. The molecule has 7 nitrogen and oxygen atoms in total. The van der Waals surface area contributed by atoms with E-state index >= 15 is 0 Å². The molecule has 1 atom stereocenters. The Hall–Kier alpha value is -2.67. The van der Waals surface area contributed by atoms with Gasteiger partial charge in [0.15, 0.2) is 0 Å². The van der Waals surface area contributed by atoms with Gasteiger partial charge < -0.3 is 14.6 Å². The van der Waals surface area contributed by atoms with Crippen molar-refractivity contribution < 1.29 is 9.53 Å². The zero-order chi connectivity index (χ0) is 20.6. The third-order valence-corrected chi connectivity index (χ3v) is 5.50. The van der Waals surface area contributed by atoms with Crippen LogP contribution < -0.4 is 5.56 Å². The maximum atomic E-state index is 12.4. The summed E-state index contributed by atoms with van der Waals surface area (Å²) in [4.78, 5) is 36.1. The average molecular weight is 396 g/mol. The quantitative estimate of drug-likeness (QED) is 0.844. The van der Waals surface area contributed by atoms with Gasteiger partial charge in [0.25, 0.3) is 5.56 Å². The number of aromatic amines is 1. The fourth-order valence-electron chi connectivity index (χ4n) is 4.04. The van der Waals surface area contributed by atoms with Crippen molar-refractivity contribution in [2.75, 3.05) is 26.2 Å². The van der Waals surface area contributed by atoms with Crippen LogP contribution in [0.2, 0.25) is 0 Å². The smallest absolute Gasteiger partial charge is 0.410 e. The van der Waals surface area contributed by atoms with Gasteiger partial charge in [0.2, 0.25) is 0 Å². The number of nitrogens with zero attached hydrogens (tertiary/aromatic N) is 3. The highest BCUT2D eigenvalue weighted by Gasteiger charge is 2.30. The first-order chi connectivity index (χ1) is 13.8. The van der Waals surface area contributed by atoms with Crippen LogP contribution in [-0.2, 0) is 4.74 Å². The molecule has 0 aromatic carbocycles. The van der Waals surface area contributed by atoms with Gasteiger partial charge in [0, 0.05) is 44.1 Å². The van der Waals surface area contributed by atoms with E-state index in [0.29, 0.717) is 24.5 Å². The van der Waals surface area contributed by atoms with Crippen LogP contribution >= 0.6 is 0 Å². The Morgan fingerprint density at radius 2 is 2.00 bits per heavy atom. The third kappa shape index (κ3) is 4.34. The molecule has 2 aromatic rings. The number of ether oxygens (including phenoxy) is 1. The summed E-state index contributed by atoms with van der Waals surface area (Å²) in [5.41, 5.74) is 2.18. The lowest BCUT2D eigenvalue weighted by Gasteiger charge is -2.37. The Morgan fingerprint density at radius 1 is 1.24 bits per heavy atom. The van der Waals surface area contributed by atoms with Crippen LogP contribution in [0.1, 0.15) is 39.3 Å². The van der Waals surface area contributed by atoms with E-state index in [9.17, 15) is 9.59 Å². The van der Waals surface area contributed by atoms with Crippen LogP contribution in [0.25, 0.3) is 16.5 Å². The van der Waals surface area contributed by atoms with Gasteiger partial charge in [-0.3, -0.25) is 14.7 Å². The highest BCUT2D eigenvalue weighted by molar-refractivity contribution is 5.81. The molecule has 0 spiro atoms. The van der Waals surface area contributed by atoms with Crippen LogP contribution in [0.3, 0.4) is 0 Å². The lowest BCUT2D eigenvalue weighted by Crippen LogP contribution is -2.52. The van der Waals surface area contributed by atoms with Crippen LogP contribution in [0, 0.1) is 0 Å². The standard InChI is InChI=1S/C22H28N4O3/c1-22(2,3)29-21(28)26-11-9-25(10-12-26)16-7-6-15(13-16)18-14-19-17(20(27)24-18)5-4-8-23-19/h4-5,8,13-14,16H,6-7,9-12H2,1-3H3,(H,24,27). The second kappa shape index (κ2) is 7.63. The monoisotopic (exact) mass is 396 g/mol. The molecule has 2 aromatic heterocycles. The van der Waals surface area contributed by atoms with Crippen LogP contribution in [0.15, 0.2) is 35.3 Å². The molecule has 4 rings (SSSR count). The molecule has 1 fully saturated rings. The first-order valence-corrected chi connectivity index (χ1v) is 10.2. The molecule has 1 saturated heterocycles. The number of hydrogen-bond acceptors (Lipinski definition) is 5. The van der Waals surface area contributed by atoms with E-state index in [1.165, 1.54) is 0 Å². The number of fused-ring (bicyclic) bond motifs is 1. The van der Waals surface area contributed by atoms with Crippen molar-refractivity contribution in [3.05, 3.63) is 46.5 Å². The van der Waals surface area contributed by atoms with Gasteiger partial charge in [0.05, 0.1) is 10.9 Å². The number of hydrogen-bond donors (Lipinski definition) is 1. The van der Waals surface area contributed by atoms with Gasteiger partial charge in [-0.05, 0) is 57.4 Å². The van der Waals surface area contributed by atoms with Gasteiger partial charge in [0.1, 0.15) is 5.60 Å². The molecule has 154 valence electrons. The van der Waals surface area contributed by atoms with Crippen molar-refractivity contribution in [2.45, 2.75) is 45.3 Å². The molecule has 0 saturated carbocycles. The summed E-state index contributed by atoms with van der Waals surface area (Å²) in [6.45, 7) is 8.65. The lowest BCUT2D eigenvalue weighted by atomic mass is 10.1. The normalized spacial score (nSPS) is 20.7. The second-order valence-electron chi connectivity index (χ2n) is 8.75. The second-order valence-corrected chi connectivity index (χ2v) is 8.75. The van der Waals surface area contributed by atoms with E-state index in [2.05, 4.69) is 20.9 Å². The Labute approximate surface area is 170 Å².